The Kier molecular flexibility index (Phi) is 4.90. The maximum Gasteiger partial charge on any atom is 0.271 e. The Hall–Kier alpha value is -3.45. The number of hydrogen-bond acceptors (Lipinski definition) is 4. The van der Waals surface area contributed by atoms with Crippen LogP contribution < -0.4 is 5.32 Å². The Bertz CT molecular complexity index is 1190. The topological polar surface area (TPSA) is 66.7 Å². The Morgan fingerprint density at radius 1 is 1.03 bits per heavy atom. The minimum Gasteiger partial charge on any atom is -0.343 e. The van der Waals surface area contributed by atoms with Gasteiger partial charge < -0.3 is 10.2 Å². The van der Waals surface area contributed by atoms with Crippen molar-refractivity contribution in [1.82, 2.24) is 14.3 Å². The average Bonchev–Trinajstić information content (AvgIpc) is 3.29. The van der Waals surface area contributed by atoms with Crippen molar-refractivity contribution in [3.05, 3.63) is 76.9 Å². The third-order valence-corrected chi connectivity index (χ3v) is 5.43. The van der Waals surface area contributed by atoms with Crippen molar-refractivity contribution in [3.63, 3.8) is 0 Å². The number of rotatable bonds is 4. The van der Waals surface area contributed by atoms with Crippen LogP contribution in [0, 0.1) is 6.92 Å². The second-order valence-corrected chi connectivity index (χ2v) is 7.83. The minimum absolute atomic E-state index is 0.0608. The molecule has 0 fully saturated rings. The van der Waals surface area contributed by atoms with Crippen LogP contribution >= 0.6 is 11.3 Å². The molecule has 2 aromatic carbocycles. The van der Waals surface area contributed by atoms with E-state index in [1.165, 1.54) is 11.3 Å². The Morgan fingerprint density at radius 2 is 1.72 bits per heavy atom. The molecule has 0 saturated carbocycles. The molecule has 2 amide bonds. The molecule has 0 unspecified atom stereocenters. The summed E-state index contributed by atoms with van der Waals surface area (Å²) in [6.45, 7) is 1.99. The first-order valence-corrected chi connectivity index (χ1v) is 9.97. The van der Waals surface area contributed by atoms with Crippen molar-refractivity contribution in [1.29, 1.82) is 0 Å². The highest BCUT2D eigenvalue weighted by Gasteiger charge is 2.16. The van der Waals surface area contributed by atoms with Crippen LogP contribution in [-0.4, -0.2) is 40.2 Å². The van der Waals surface area contributed by atoms with Gasteiger partial charge in [0.1, 0.15) is 5.69 Å². The smallest absolute Gasteiger partial charge is 0.271 e. The number of nitrogens with one attached hydrogen (secondary N) is 1. The number of nitrogens with zero attached hydrogens (tertiary/aromatic N) is 3. The molecule has 7 heteroatoms. The number of benzene rings is 2. The fourth-order valence-electron chi connectivity index (χ4n) is 2.94. The van der Waals surface area contributed by atoms with Crippen LogP contribution in [0.4, 0.5) is 5.69 Å². The summed E-state index contributed by atoms with van der Waals surface area (Å²) in [7, 11) is 3.46. The molecule has 2 aromatic heterocycles. The molecule has 0 spiro atoms. The van der Waals surface area contributed by atoms with Crippen molar-refractivity contribution in [2.24, 2.45) is 0 Å². The fraction of sp³-hybridized carbons (Fsp3) is 0.136. The van der Waals surface area contributed by atoms with Crippen molar-refractivity contribution in [2.45, 2.75) is 6.92 Å². The van der Waals surface area contributed by atoms with Crippen molar-refractivity contribution >= 4 is 33.8 Å². The number of anilines is 1. The highest BCUT2D eigenvalue weighted by atomic mass is 32.1. The van der Waals surface area contributed by atoms with Crippen LogP contribution in [0.25, 0.3) is 16.2 Å². The molecule has 0 aliphatic heterocycles. The van der Waals surface area contributed by atoms with Crippen LogP contribution in [0.1, 0.15) is 26.4 Å². The lowest BCUT2D eigenvalue weighted by molar-refractivity contribution is 0.0821. The molecule has 0 atom stereocenters. The van der Waals surface area contributed by atoms with Gasteiger partial charge in [0.25, 0.3) is 11.8 Å². The monoisotopic (exact) mass is 404 g/mol. The van der Waals surface area contributed by atoms with Gasteiger partial charge in [-0.1, -0.05) is 29.8 Å². The van der Waals surface area contributed by atoms with E-state index in [2.05, 4.69) is 10.3 Å². The molecule has 4 rings (SSSR count). The molecule has 0 aliphatic rings. The minimum atomic E-state index is -0.146. The van der Waals surface area contributed by atoms with E-state index in [4.69, 9.17) is 0 Å². The quantitative estimate of drug-likeness (QED) is 0.551. The fourth-order valence-corrected chi connectivity index (χ4v) is 3.79. The second kappa shape index (κ2) is 7.52. The van der Waals surface area contributed by atoms with E-state index in [9.17, 15) is 9.59 Å². The Morgan fingerprint density at radius 3 is 2.38 bits per heavy atom. The van der Waals surface area contributed by atoms with E-state index in [0.29, 0.717) is 16.9 Å². The molecule has 6 nitrogen and oxygen atoms in total. The molecule has 4 aromatic rings. The predicted molar refractivity (Wildman–Crippen MR) is 116 cm³/mol. The highest BCUT2D eigenvalue weighted by Crippen LogP contribution is 2.25. The van der Waals surface area contributed by atoms with Gasteiger partial charge in [0.05, 0.1) is 5.69 Å². The summed E-state index contributed by atoms with van der Waals surface area (Å²) in [6, 6.07) is 15.0. The summed E-state index contributed by atoms with van der Waals surface area (Å²) in [5.41, 5.74) is 4.73. The van der Waals surface area contributed by atoms with E-state index >= 15 is 0 Å². The standard InChI is InChI=1S/C22H20N4O2S/c1-14-4-6-16(7-5-14)20(27)23-17-10-8-15(9-11-17)18-12-26-19(21(28)25(2)3)13-29-22(26)24-18/h4-13H,1-3H3,(H,23,27). The average molecular weight is 404 g/mol. The van der Waals surface area contributed by atoms with E-state index in [1.54, 1.807) is 19.0 Å². The first-order valence-electron chi connectivity index (χ1n) is 9.09. The molecule has 1 N–H and O–H groups in total. The molecule has 2 heterocycles. The number of fused-ring (bicyclic) bond motifs is 1. The van der Waals surface area contributed by atoms with Crippen LogP contribution in [0.2, 0.25) is 0 Å². The van der Waals surface area contributed by atoms with E-state index < -0.39 is 0 Å². The van der Waals surface area contributed by atoms with Crippen molar-refractivity contribution < 1.29 is 9.59 Å². The zero-order valence-electron chi connectivity index (χ0n) is 16.3. The molecular formula is C22H20N4O2S. The Labute approximate surface area is 172 Å². The van der Waals surface area contributed by atoms with Gasteiger partial charge in [0.15, 0.2) is 4.96 Å². The predicted octanol–water partition coefficient (Wildman–Crippen LogP) is 4.33. The summed E-state index contributed by atoms with van der Waals surface area (Å²) in [5.74, 6) is -0.207. The van der Waals surface area contributed by atoms with Gasteiger partial charge in [-0.2, -0.15) is 0 Å². The van der Waals surface area contributed by atoms with Crippen LogP contribution in [0.3, 0.4) is 0 Å². The normalized spacial score (nSPS) is 10.9. The summed E-state index contributed by atoms with van der Waals surface area (Å²) in [6.07, 6.45) is 1.86. The number of amides is 2. The lowest BCUT2D eigenvalue weighted by atomic mass is 10.1. The van der Waals surface area contributed by atoms with Gasteiger partial charge in [0, 0.05) is 42.5 Å². The molecular weight excluding hydrogens is 384 g/mol. The molecule has 29 heavy (non-hydrogen) atoms. The second-order valence-electron chi connectivity index (χ2n) is 7.00. The van der Waals surface area contributed by atoms with Gasteiger partial charge in [-0.25, -0.2) is 4.98 Å². The molecule has 146 valence electrons. The maximum absolute atomic E-state index is 12.4. The van der Waals surface area contributed by atoms with E-state index in [-0.39, 0.29) is 11.8 Å². The SMILES string of the molecule is Cc1ccc(C(=O)Nc2ccc(-c3cn4c(C(=O)N(C)C)csc4n3)cc2)cc1. The van der Waals surface area contributed by atoms with Crippen LogP contribution in [0.5, 0.6) is 0 Å². The number of aromatic nitrogens is 2. The van der Waals surface area contributed by atoms with E-state index in [0.717, 1.165) is 21.8 Å². The van der Waals surface area contributed by atoms with Gasteiger partial charge in [-0.15, -0.1) is 11.3 Å². The molecule has 0 radical (unpaired) electrons. The first-order chi connectivity index (χ1) is 13.9. The zero-order valence-corrected chi connectivity index (χ0v) is 17.2. The zero-order chi connectivity index (χ0) is 20.5. The number of carbonyl (C=O) groups excluding carboxylic acids is 2. The van der Waals surface area contributed by atoms with Crippen LogP contribution in [-0.2, 0) is 0 Å². The number of imidazole rings is 1. The van der Waals surface area contributed by atoms with E-state index in [1.807, 2.05) is 71.4 Å². The number of hydrogen-bond donors (Lipinski definition) is 1. The van der Waals surface area contributed by atoms with Gasteiger partial charge >= 0.3 is 0 Å². The van der Waals surface area contributed by atoms with Crippen molar-refractivity contribution in [3.8, 4) is 11.3 Å². The van der Waals surface area contributed by atoms with Gasteiger partial charge in [-0.05, 0) is 31.2 Å². The van der Waals surface area contributed by atoms with Crippen molar-refractivity contribution in [2.75, 3.05) is 19.4 Å². The Balaban J connectivity index is 1.54. The molecule has 0 bridgehead atoms. The largest absolute Gasteiger partial charge is 0.343 e. The van der Waals surface area contributed by atoms with Crippen LogP contribution in [0.15, 0.2) is 60.1 Å². The lowest BCUT2D eigenvalue weighted by Gasteiger charge is -2.08. The molecule has 0 saturated heterocycles. The summed E-state index contributed by atoms with van der Waals surface area (Å²) < 4.78 is 1.81. The number of thiazole rings is 1. The lowest BCUT2D eigenvalue weighted by Crippen LogP contribution is -2.22. The maximum atomic E-state index is 12.4. The number of aryl methyl sites for hydroxylation is 1. The highest BCUT2D eigenvalue weighted by molar-refractivity contribution is 7.15. The summed E-state index contributed by atoms with van der Waals surface area (Å²) in [5, 5.41) is 4.72. The molecule has 0 aliphatic carbocycles. The first kappa shape index (κ1) is 18.9. The van der Waals surface area contributed by atoms with Gasteiger partial charge in [0.2, 0.25) is 0 Å². The third kappa shape index (κ3) is 3.77. The number of carbonyl (C=O) groups is 2. The summed E-state index contributed by atoms with van der Waals surface area (Å²) >= 11 is 1.43. The third-order valence-electron chi connectivity index (χ3n) is 4.59. The van der Waals surface area contributed by atoms with Gasteiger partial charge in [-0.3, -0.25) is 14.0 Å². The summed E-state index contributed by atoms with van der Waals surface area (Å²) in [4.78, 5) is 31.6.